The minimum atomic E-state index is 0.151. The number of hydrogen-bond donors (Lipinski definition) is 1. The highest BCUT2D eigenvalue weighted by atomic mass is 14.8. The van der Waals surface area contributed by atoms with Crippen molar-refractivity contribution in [2.45, 2.75) is 44.1 Å². The number of fused-ring (bicyclic) bond motifs is 1. The van der Waals surface area contributed by atoms with Crippen molar-refractivity contribution in [1.82, 2.24) is 4.98 Å². The van der Waals surface area contributed by atoms with E-state index in [9.17, 15) is 0 Å². The first-order valence-electron chi connectivity index (χ1n) is 7.55. The number of rotatable bonds is 4. The molecule has 1 aromatic carbocycles. The van der Waals surface area contributed by atoms with Crippen LogP contribution in [-0.4, -0.2) is 11.0 Å². The topological polar surface area (TPSA) is 38.9 Å². The van der Waals surface area contributed by atoms with Crippen molar-refractivity contribution in [1.29, 1.82) is 0 Å². The van der Waals surface area contributed by atoms with E-state index < -0.39 is 0 Å². The minimum Gasteiger partial charge on any atom is -0.327 e. The van der Waals surface area contributed by atoms with Crippen LogP contribution in [0.5, 0.6) is 0 Å². The summed E-state index contributed by atoms with van der Waals surface area (Å²) in [6.45, 7) is 2.23. The zero-order chi connectivity index (χ0) is 13.9. The lowest BCUT2D eigenvalue weighted by atomic mass is 9.81. The van der Waals surface area contributed by atoms with Gasteiger partial charge in [0.25, 0.3) is 0 Å². The molecule has 104 valence electrons. The number of hydrogen-bond acceptors (Lipinski definition) is 2. The molecule has 1 aliphatic carbocycles. The minimum absolute atomic E-state index is 0.151. The molecule has 0 spiro atoms. The van der Waals surface area contributed by atoms with Gasteiger partial charge in [-0.1, -0.05) is 43.3 Å². The fourth-order valence-electron chi connectivity index (χ4n) is 3.53. The van der Waals surface area contributed by atoms with Gasteiger partial charge in [-0.05, 0) is 42.4 Å². The van der Waals surface area contributed by atoms with E-state index in [0.29, 0.717) is 11.8 Å². The smallest absolute Gasteiger partial charge is 0.0482 e. The van der Waals surface area contributed by atoms with Crippen LogP contribution in [0.2, 0.25) is 0 Å². The molecule has 3 unspecified atom stereocenters. The predicted molar refractivity (Wildman–Crippen MR) is 82.7 cm³/mol. The average molecular weight is 266 g/mol. The summed E-state index contributed by atoms with van der Waals surface area (Å²) in [6, 6.07) is 15.0. The van der Waals surface area contributed by atoms with Crippen LogP contribution < -0.4 is 5.73 Å². The molecule has 1 aromatic heterocycles. The molecule has 3 rings (SSSR count). The van der Waals surface area contributed by atoms with E-state index in [1.54, 1.807) is 0 Å². The Morgan fingerprint density at radius 1 is 1.20 bits per heavy atom. The van der Waals surface area contributed by atoms with Crippen molar-refractivity contribution >= 4 is 0 Å². The SMILES string of the molecule is CCC(c1ccccc1)C(N)C1CCc2cccnc21. The highest BCUT2D eigenvalue weighted by molar-refractivity contribution is 5.32. The highest BCUT2D eigenvalue weighted by Gasteiger charge is 2.33. The van der Waals surface area contributed by atoms with E-state index in [1.165, 1.54) is 16.8 Å². The Morgan fingerprint density at radius 2 is 2.00 bits per heavy atom. The molecule has 1 heterocycles. The molecular formula is C18H22N2. The summed E-state index contributed by atoms with van der Waals surface area (Å²) in [6.07, 6.45) is 5.22. The van der Waals surface area contributed by atoms with Gasteiger partial charge in [0.1, 0.15) is 0 Å². The van der Waals surface area contributed by atoms with E-state index >= 15 is 0 Å². The quantitative estimate of drug-likeness (QED) is 0.917. The normalized spacial score (nSPS) is 20.4. The lowest BCUT2D eigenvalue weighted by Crippen LogP contribution is -2.34. The number of nitrogens with two attached hydrogens (primary N) is 1. The van der Waals surface area contributed by atoms with Crippen molar-refractivity contribution in [2.24, 2.45) is 5.73 Å². The molecule has 3 atom stereocenters. The molecule has 0 amide bonds. The zero-order valence-corrected chi connectivity index (χ0v) is 12.0. The summed E-state index contributed by atoms with van der Waals surface area (Å²) < 4.78 is 0. The first kappa shape index (κ1) is 13.3. The molecule has 0 fully saturated rings. The second kappa shape index (κ2) is 5.76. The van der Waals surface area contributed by atoms with Crippen molar-refractivity contribution in [3.63, 3.8) is 0 Å². The Labute approximate surface area is 121 Å². The van der Waals surface area contributed by atoms with Crippen molar-refractivity contribution in [3.8, 4) is 0 Å². The zero-order valence-electron chi connectivity index (χ0n) is 12.0. The van der Waals surface area contributed by atoms with Crippen LogP contribution in [0, 0.1) is 0 Å². The first-order chi connectivity index (χ1) is 9.81. The van der Waals surface area contributed by atoms with Crippen LogP contribution in [0.3, 0.4) is 0 Å². The van der Waals surface area contributed by atoms with Gasteiger partial charge in [0.15, 0.2) is 0 Å². The van der Waals surface area contributed by atoms with E-state index in [2.05, 4.69) is 48.3 Å². The van der Waals surface area contributed by atoms with Crippen LogP contribution >= 0.6 is 0 Å². The number of benzene rings is 1. The van der Waals surface area contributed by atoms with Gasteiger partial charge in [-0.15, -0.1) is 0 Å². The van der Waals surface area contributed by atoms with Gasteiger partial charge < -0.3 is 5.73 Å². The van der Waals surface area contributed by atoms with Crippen LogP contribution in [-0.2, 0) is 6.42 Å². The standard InChI is InChI=1S/C18H22N2/c1-2-15(13-7-4-3-5-8-13)17(19)16-11-10-14-9-6-12-20-18(14)16/h3-9,12,15-17H,2,10-11,19H2,1H3. The molecule has 2 nitrogen and oxygen atoms in total. The Hall–Kier alpha value is -1.67. The molecular weight excluding hydrogens is 244 g/mol. The largest absolute Gasteiger partial charge is 0.327 e. The number of aryl methyl sites for hydroxylation is 1. The van der Waals surface area contributed by atoms with Crippen molar-refractivity contribution < 1.29 is 0 Å². The Morgan fingerprint density at radius 3 is 2.75 bits per heavy atom. The van der Waals surface area contributed by atoms with Gasteiger partial charge in [0.2, 0.25) is 0 Å². The maximum Gasteiger partial charge on any atom is 0.0482 e. The van der Waals surface area contributed by atoms with E-state index in [0.717, 1.165) is 19.3 Å². The number of pyridine rings is 1. The fraction of sp³-hybridized carbons (Fsp3) is 0.389. The van der Waals surface area contributed by atoms with Crippen LogP contribution in [0.25, 0.3) is 0 Å². The fourth-order valence-corrected chi connectivity index (χ4v) is 3.53. The summed E-state index contributed by atoms with van der Waals surface area (Å²) in [5.41, 5.74) is 10.6. The van der Waals surface area contributed by atoms with Crippen LogP contribution in [0.4, 0.5) is 0 Å². The Kier molecular flexibility index (Phi) is 3.83. The maximum atomic E-state index is 6.64. The van der Waals surface area contributed by atoms with Gasteiger partial charge in [0, 0.05) is 23.9 Å². The van der Waals surface area contributed by atoms with Crippen LogP contribution in [0.1, 0.15) is 48.4 Å². The molecule has 0 bridgehead atoms. The second-order valence-electron chi connectivity index (χ2n) is 5.70. The summed E-state index contributed by atoms with van der Waals surface area (Å²) in [4.78, 5) is 4.59. The maximum absolute atomic E-state index is 6.64. The average Bonchev–Trinajstić information content (AvgIpc) is 2.93. The highest BCUT2D eigenvalue weighted by Crippen LogP contribution is 2.38. The molecule has 2 aromatic rings. The Balaban J connectivity index is 1.87. The summed E-state index contributed by atoms with van der Waals surface area (Å²) in [5.74, 6) is 0.811. The molecule has 0 saturated carbocycles. The van der Waals surface area contributed by atoms with Crippen LogP contribution in [0.15, 0.2) is 48.7 Å². The van der Waals surface area contributed by atoms with Crippen molar-refractivity contribution in [3.05, 3.63) is 65.5 Å². The monoisotopic (exact) mass is 266 g/mol. The third kappa shape index (κ3) is 2.36. The number of nitrogens with zero attached hydrogens (tertiary/aromatic N) is 1. The molecule has 0 radical (unpaired) electrons. The van der Waals surface area contributed by atoms with Gasteiger partial charge in [-0.2, -0.15) is 0 Å². The van der Waals surface area contributed by atoms with Gasteiger partial charge in [0.05, 0.1) is 0 Å². The molecule has 0 saturated heterocycles. The molecule has 20 heavy (non-hydrogen) atoms. The second-order valence-corrected chi connectivity index (χ2v) is 5.70. The third-order valence-corrected chi connectivity index (χ3v) is 4.60. The van der Waals surface area contributed by atoms with Crippen molar-refractivity contribution in [2.75, 3.05) is 0 Å². The lowest BCUT2D eigenvalue weighted by Gasteiger charge is -2.28. The first-order valence-corrected chi connectivity index (χ1v) is 7.55. The summed E-state index contributed by atoms with van der Waals surface area (Å²) >= 11 is 0. The lowest BCUT2D eigenvalue weighted by molar-refractivity contribution is 0.431. The van der Waals surface area contributed by atoms with Gasteiger partial charge in [-0.25, -0.2) is 0 Å². The van der Waals surface area contributed by atoms with E-state index in [4.69, 9.17) is 5.73 Å². The third-order valence-electron chi connectivity index (χ3n) is 4.60. The predicted octanol–water partition coefficient (Wildman–Crippen LogP) is 3.63. The van der Waals surface area contributed by atoms with Gasteiger partial charge >= 0.3 is 0 Å². The molecule has 0 aliphatic heterocycles. The summed E-state index contributed by atoms with van der Waals surface area (Å²) in [7, 11) is 0. The van der Waals surface area contributed by atoms with E-state index in [-0.39, 0.29) is 6.04 Å². The van der Waals surface area contributed by atoms with E-state index in [1.807, 2.05) is 12.3 Å². The summed E-state index contributed by atoms with van der Waals surface area (Å²) in [5, 5.41) is 0. The number of aromatic nitrogens is 1. The molecule has 2 N–H and O–H groups in total. The molecule has 2 heteroatoms. The Bertz CT molecular complexity index is 563. The molecule has 1 aliphatic rings. The van der Waals surface area contributed by atoms with Gasteiger partial charge in [-0.3, -0.25) is 4.98 Å².